The lowest BCUT2D eigenvalue weighted by Crippen LogP contribution is -2.13. The number of nitrogens with one attached hydrogen (secondary N) is 1. The van der Waals surface area contributed by atoms with Crippen molar-refractivity contribution in [2.75, 3.05) is 11.1 Å². The molecule has 0 radical (unpaired) electrons. The summed E-state index contributed by atoms with van der Waals surface area (Å²) in [7, 11) is 0. The van der Waals surface area contributed by atoms with Crippen LogP contribution in [0.15, 0.2) is 45.3 Å². The zero-order chi connectivity index (χ0) is 14.0. The molecule has 98 valence electrons. The van der Waals surface area contributed by atoms with Gasteiger partial charge in [-0.3, -0.25) is 4.79 Å². The molecular formula is C13H9Br2ClN2O. The largest absolute Gasteiger partial charge is 0.399 e. The van der Waals surface area contributed by atoms with Crippen LogP contribution in [0.1, 0.15) is 10.4 Å². The molecular weight excluding hydrogens is 395 g/mol. The third kappa shape index (κ3) is 3.49. The van der Waals surface area contributed by atoms with Crippen molar-refractivity contribution in [3.05, 3.63) is 55.9 Å². The lowest BCUT2D eigenvalue weighted by atomic mass is 10.2. The molecule has 0 atom stereocenters. The molecule has 0 heterocycles. The quantitative estimate of drug-likeness (QED) is 0.713. The van der Waals surface area contributed by atoms with Gasteiger partial charge in [-0.05, 0) is 52.3 Å². The van der Waals surface area contributed by atoms with Gasteiger partial charge in [-0.15, -0.1) is 0 Å². The minimum atomic E-state index is -0.279. The van der Waals surface area contributed by atoms with Crippen LogP contribution in [0.5, 0.6) is 0 Å². The first kappa shape index (κ1) is 14.4. The lowest BCUT2D eigenvalue weighted by Gasteiger charge is -2.09. The molecule has 2 aromatic carbocycles. The van der Waals surface area contributed by atoms with E-state index in [1.165, 1.54) is 0 Å². The van der Waals surface area contributed by atoms with Crippen molar-refractivity contribution < 1.29 is 4.79 Å². The van der Waals surface area contributed by atoms with E-state index in [9.17, 15) is 4.79 Å². The molecule has 0 aromatic heterocycles. The highest BCUT2D eigenvalue weighted by atomic mass is 79.9. The number of hydrogen-bond donors (Lipinski definition) is 2. The van der Waals surface area contributed by atoms with E-state index in [1.807, 2.05) is 0 Å². The third-order valence-corrected chi connectivity index (χ3v) is 3.93. The number of hydrogen-bond acceptors (Lipinski definition) is 2. The van der Waals surface area contributed by atoms with Gasteiger partial charge in [0.05, 0.1) is 16.3 Å². The number of rotatable bonds is 2. The fourth-order valence-corrected chi connectivity index (χ4v) is 2.45. The fourth-order valence-electron chi connectivity index (χ4n) is 1.50. The Morgan fingerprint density at radius 3 is 2.63 bits per heavy atom. The summed E-state index contributed by atoms with van der Waals surface area (Å²) < 4.78 is 1.50. The molecule has 3 N–H and O–H groups in total. The summed E-state index contributed by atoms with van der Waals surface area (Å²) in [6, 6.07) is 10.3. The zero-order valence-electron chi connectivity index (χ0n) is 9.58. The molecule has 2 aromatic rings. The van der Waals surface area contributed by atoms with Crippen molar-refractivity contribution in [1.82, 2.24) is 0 Å². The van der Waals surface area contributed by atoms with Gasteiger partial charge in [0, 0.05) is 14.6 Å². The van der Waals surface area contributed by atoms with Gasteiger partial charge in [0.15, 0.2) is 0 Å². The minimum Gasteiger partial charge on any atom is -0.399 e. The van der Waals surface area contributed by atoms with Crippen LogP contribution < -0.4 is 11.1 Å². The van der Waals surface area contributed by atoms with Crippen LogP contribution in [-0.4, -0.2) is 5.91 Å². The topological polar surface area (TPSA) is 55.1 Å². The molecule has 0 fully saturated rings. The molecule has 6 heteroatoms. The lowest BCUT2D eigenvalue weighted by molar-refractivity contribution is 0.102. The molecule has 0 aliphatic carbocycles. The number of anilines is 2. The number of carbonyl (C=O) groups is 1. The van der Waals surface area contributed by atoms with E-state index in [1.54, 1.807) is 36.4 Å². The first-order valence-corrected chi connectivity index (χ1v) is 7.25. The predicted octanol–water partition coefficient (Wildman–Crippen LogP) is 4.70. The molecule has 0 saturated heterocycles. The van der Waals surface area contributed by atoms with Gasteiger partial charge in [0.2, 0.25) is 0 Å². The Bertz CT molecular complexity index is 647. The van der Waals surface area contributed by atoms with Crippen molar-refractivity contribution in [3.63, 3.8) is 0 Å². The molecule has 0 unspecified atom stereocenters. The number of nitrogen functional groups attached to an aromatic ring is 1. The van der Waals surface area contributed by atoms with E-state index in [-0.39, 0.29) is 5.91 Å². The summed E-state index contributed by atoms with van der Waals surface area (Å²) in [4.78, 5) is 12.2. The maximum Gasteiger partial charge on any atom is 0.256 e. The highest BCUT2D eigenvalue weighted by molar-refractivity contribution is 9.10. The molecule has 0 aliphatic rings. The number of carbonyl (C=O) groups excluding carboxylic acids is 1. The van der Waals surface area contributed by atoms with Crippen LogP contribution >= 0.6 is 43.5 Å². The number of benzene rings is 2. The molecule has 0 bridgehead atoms. The summed E-state index contributed by atoms with van der Waals surface area (Å²) in [5, 5.41) is 3.22. The van der Waals surface area contributed by atoms with Gasteiger partial charge in [-0.25, -0.2) is 0 Å². The molecule has 0 aliphatic heterocycles. The molecule has 0 spiro atoms. The second kappa shape index (κ2) is 5.94. The molecule has 1 amide bonds. The van der Waals surface area contributed by atoms with E-state index in [0.29, 0.717) is 26.4 Å². The van der Waals surface area contributed by atoms with Gasteiger partial charge in [-0.2, -0.15) is 0 Å². The smallest absolute Gasteiger partial charge is 0.256 e. The third-order valence-electron chi connectivity index (χ3n) is 2.41. The van der Waals surface area contributed by atoms with Gasteiger partial charge in [0.1, 0.15) is 0 Å². The highest BCUT2D eigenvalue weighted by Crippen LogP contribution is 2.27. The Balaban J connectivity index is 2.30. The van der Waals surface area contributed by atoms with Crippen LogP contribution in [-0.2, 0) is 0 Å². The summed E-state index contributed by atoms with van der Waals surface area (Å²) in [5.74, 6) is -0.279. The Hall–Kier alpha value is -1.04. The first-order valence-electron chi connectivity index (χ1n) is 5.29. The van der Waals surface area contributed by atoms with Crippen LogP contribution in [0.3, 0.4) is 0 Å². The van der Waals surface area contributed by atoms with E-state index in [2.05, 4.69) is 37.2 Å². The average molecular weight is 404 g/mol. The van der Waals surface area contributed by atoms with Crippen molar-refractivity contribution in [1.29, 1.82) is 0 Å². The monoisotopic (exact) mass is 402 g/mol. The van der Waals surface area contributed by atoms with Crippen LogP contribution in [0.2, 0.25) is 5.02 Å². The highest BCUT2D eigenvalue weighted by Gasteiger charge is 2.12. The molecule has 2 rings (SSSR count). The SMILES string of the molecule is Nc1ccc(Br)c(C(=O)Nc2cc(Br)ccc2Cl)c1. The van der Waals surface area contributed by atoms with E-state index in [4.69, 9.17) is 17.3 Å². The van der Waals surface area contributed by atoms with Crippen molar-refractivity contribution >= 4 is 60.7 Å². The number of nitrogens with two attached hydrogens (primary N) is 1. The van der Waals surface area contributed by atoms with Crippen LogP contribution in [0.4, 0.5) is 11.4 Å². The molecule has 19 heavy (non-hydrogen) atoms. The van der Waals surface area contributed by atoms with Crippen LogP contribution in [0, 0.1) is 0 Å². The van der Waals surface area contributed by atoms with Crippen LogP contribution in [0.25, 0.3) is 0 Å². The van der Waals surface area contributed by atoms with Crippen molar-refractivity contribution in [2.45, 2.75) is 0 Å². The van der Waals surface area contributed by atoms with E-state index >= 15 is 0 Å². The van der Waals surface area contributed by atoms with E-state index in [0.717, 1.165) is 4.47 Å². The summed E-state index contributed by atoms with van der Waals surface area (Å²) in [6.45, 7) is 0. The average Bonchev–Trinajstić information content (AvgIpc) is 2.36. The van der Waals surface area contributed by atoms with Gasteiger partial charge in [0.25, 0.3) is 5.91 Å². The zero-order valence-corrected chi connectivity index (χ0v) is 13.5. The van der Waals surface area contributed by atoms with Crippen molar-refractivity contribution in [3.8, 4) is 0 Å². The maximum absolute atomic E-state index is 12.2. The molecule has 0 saturated carbocycles. The maximum atomic E-state index is 12.2. The minimum absolute atomic E-state index is 0.279. The normalized spacial score (nSPS) is 10.3. The number of halogens is 3. The second-order valence-electron chi connectivity index (χ2n) is 3.82. The Labute approximate surface area is 132 Å². The van der Waals surface area contributed by atoms with Crippen molar-refractivity contribution in [2.24, 2.45) is 0 Å². The second-order valence-corrected chi connectivity index (χ2v) is 5.99. The summed E-state index contributed by atoms with van der Waals surface area (Å²) >= 11 is 12.7. The van der Waals surface area contributed by atoms with Gasteiger partial charge < -0.3 is 11.1 Å². The number of amides is 1. The first-order chi connectivity index (χ1) is 8.97. The van der Waals surface area contributed by atoms with Gasteiger partial charge >= 0.3 is 0 Å². The van der Waals surface area contributed by atoms with Gasteiger partial charge in [-0.1, -0.05) is 27.5 Å². The Morgan fingerprint density at radius 2 is 1.89 bits per heavy atom. The molecule has 3 nitrogen and oxygen atoms in total. The Morgan fingerprint density at radius 1 is 1.16 bits per heavy atom. The predicted molar refractivity (Wildman–Crippen MR) is 85.7 cm³/mol. The summed E-state index contributed by atoms with van der Waals surface area (Å²) in [6.07, 6.45) is 0. The fraction of sp³-hybridized carbons (Fsp3) is 0. The standard InChI is InChI=1S/C13H9Br2ClN2O/c14-7-1-4-11(16)12(5-7)18-13(19)9-6-8(17)2-3-10(9)15/h1-6H,17H2,(H,18,19). The Kier molecular flexibility index (Phi) is 4.50. The summed E-state index contributed by atoms with van der Waals surface area (Å²) in [5.41, 5.74) is 7.19. The van der Waals surface area contributed by atoms with E-state index < -0.39 is 0 Å².